The van der Waals surface area contributed by atoms with Crippen molar-refractivity contribution in [1.29, 1.82) is 0 Å². The lowest BCUT2D eigenvalue weighted by molar-refractivity contribution is -0.122. The van der Waals surface area contributed by atoms with E-state index >= 15 is 0 Å². The molecule has 1 saturated heterocycles. The molecule has 0 aromatic rings. The molecule has 0 atom stereocenters. The van der Waals surface area contributed by atoms with E-state index in [0.29, 0.717) is 13.1 Å². The molecule has 1 fully saturated rings. The molecule has 0 saturated carbocycles. The minimum Gasteiger partial charge on any atom is -0.443 e. The summed E-state index contributed by atoms with van der Waals surface area (Å²) < 4.78 is 5.42. The molecule has 4 heteroatoms. The molecule has 0 bridgehead atoms. The summed E-state index contributed by atoms with van der Waals surface area (Å²) in [6.07, 6.45) is 2.07. The van der Waals surface area contributed by atoms with Gasteiger partial charge < -0.3 is 9.64 Å². The lowest BCUT2D eigenvalue weighted by Gasteiger charge is -2.33. The van der Waals surface area contributed by atoms with Crippen LogP contribution in [0.4, 0.5) is 4.79 Å². The van der Waals surface area contributed by atoms with E-state index in [9.17, 15) is 9.59 Å². The lowest BCUT2D eigenvalue weighted by Crippen LogP contribution is -2.43. The highest BCUT2D eigenvalue weighted by Gasteiger charge is 2.29. The number of amides is 1. The first-order chi connectivity index (χ1) is 8.85. The van der Waals surface area contributed by atoms with Crippen molar-refractivity contribution < 1.29 is 14.3 Å². The molecule has 0 spiro atoms. The number of carbonyl (C=O) groups excluding carboxylic acids is 2. The number of Topliss-reactive ketones (excluding diaryl/α,β-unsaturated/α-hetero) is 1. The van der Waals surface area contributed by atoms with E-state index in [2.05, 4.69) is 0 Å². The summed E-state index contributed by atoms with van der Waals surface area (Å²) in [4.78, 5) is 24.8. The molecule has 0 aromatic carbocycles. The monoisotopic (exact) mass is 271 g/mol. The topological polar surface area (TPSA) is 46.6 Å². The van der Waals surface area contributed by atoms with Crippen molar-refractivity contribution in [2.75, 3.05) is 13.1 Å². The van der Waals surface area contributed by atoms with Crippen LogP contribution < -0.4 is 0 Å². The first kappa shape index (κ1) is 17.9. The predicted octanol–water partition coefficient (Wildman–Crippen LogP) is 3.64. The van der Waals surface area contributed by atoms with Crippen LogP contribution >= 0.6 is 0 Å². The Labute approximate surface area is 117 Å². The van der Waals surface area contributed by atoms with Crippen molar-refractivity contribution in [2.24, 2.45) is 5.92 Å². The van der Waals surface area contributed by atoms with Gasteiger partial charge in [0.15, 0.2) is 0 Å². The van der Waals surface area contributed by atoms with E-state index in [1.54, 1.807) is 11.8 Å². The first-order valence-electron chi connectivity index (χ1n) is 7.34. The number of rotatable bonds is 3. The summed E-state index contributed by atoms with van der Waals surface area (Å²) in [6.45, 7) is 12.7. The van der Waals surface area contributed by atoms with Crippen LogP contribution in [0.3, 0.4) is 0 Å². The van der Waals surface area contributed by atoms with E-state index in [-0.39, 0.29) is 17.8 Å². The Morgan fingerprint density at radius 2 is 1.68 bits per heavy atom. The first-order valence-corrected chi connectivity index (χ1v) is 7.34. The number of ether oxygens (including phenoxy) is 1. The Balaban J connectivity index is 0.00000154. The molecule has 4 nitrogen and oxygen atoms in total. The maximum Gasteiger partial charge on any atom is 0.410 e. The van der Waals surface area contributed by atoms with Crippen molar-refractivity contribution in [3.05, 3.63) is 0 Å². The van der Waals surface area contributed by atoms with Crippen LogP contribution in [0.25, 0.3) is 0 Å². The van der Waals surface area contributed by atoms with Gasteiger partial charge in [-0.1, -0.05) is 20.8 Å². The zero-order valence-electron chi connectivity index (χ0n) is 13.3. The minimum absolute atomic E-state index is 0.123. The van der Waals surface area contributed by atoms with E-state index in [1.807, 2.05) is 34.6 Å². The SMILES string of the molecule is CC.CCC(C)(C)OC(=O)N1CCC(C(C)=O)CC1. The fourth-order valence-electron chi connectivity index (χ4n) is 1.84. The smallest absolute Gasteiger partial charge is 0.410 e. The van der Waals surface area contributed by atoms with Crippen LogP contribution in [0.5, 0.6) is 0 Å². The third-order valence-corrected chi connectivity index (χ3v) is 3.54. The number of likely N-dealkylation sites (tertiary alicyclic amines) is 1. The quantitative estimate of drug-likeness (QED) is 0.787. The molecule has 0 aliphatic carbocycles. The average molecular weight is 271 g/mol. The molecule has 0 aromatic heterocycles. The summed E-state index contributed by atoms with van der Waals surface area (Å²) in [7, 11) is 0. The van der Waals surface area contributed by atoms with Crippen molar-refractivity contribution in [3.63, 3.8) is 0 Å². The maximum absolute atomic E-state index is 11.9. The van der Waals surface area contributed by atoms with Gasteiger partial charge in [-0.15, -0.1) is 0 Å². The maximum atomic E-state index is 11.9. The fraction of sp³-hybridized carbons (Fsp3) is 0.867. The molecular formula is C15H29NO3. The average Bonchev–Trinajstić information content (AvgIpc) is 2.40. The van der Waals surface area contributed by atoms with Crippen LogP contribution in [0, 0.1) is 5.92 Å². The van der Waals surface area contributed by atoms with Gasteiger partial charge in [-0.2, -0.15) is 0 Å². The summed E-state index contributed by atoms with van der Waals surface area (Å²) in [5.74, 6) is 0.352. The summed E-state index contributed by atoms with van der Waals surface area (Å²) in [5, 5.41) is 0. The largest absolute Gasteiger partial charge is 0.443 e. The number of carbonyl (C=O) groups is 2. The molecule has 1 heterocycles. The molecule has 0 N–H and O–H groups in total. The van der Waals surface area contributed by atoms with Crippen molar-refractivity contribution in [3.8, 4) is 0 Å². The highest BCUT2D eigenvalue weighted by molar-refractivity contribution is 5.78. The molecule has 1 aliphatic rings. The Morgan fingerprint density at radius 1 is 1.21 bits per heavy atom. The van der Waals surface area contributed by atoms with Gasteiger partial charge in [-0.25, -0.2) is 4.79 Å². The third-order valence-electron chi connectivity index (χ3n) is 3.54. The van der Waals surface area contributed by atoms with Gasteiger partial charge >= 0.3 is 6.09 Å². The van der Waals surface area contributed by atoms with Crippen molar-refractivity contribution in [1.82, 2.24) is 4.90 Å². The van der Waals surface area contributed by atoms with Gasteiger partial charge in [0.1, 0.15) is 11.4 Å². The Kier molecular flexibility index (Phi) is 7.72. The van der Waals surface area contributed by atoms with Gasteiger partial charge in [0.2, 0.25) is 0 Å². The normalized spacial score (nSPS) is 16.4. The zero-order chi connectivity index (χ0) is 15.1. The van der Waals surface area contributed by atoms with E-state index in [1.165, 1.54) is 0 Å². The van der Waals surface area contributed by atoms with Crippen LogP contribution in [0.1, 0.15) is 60.8 Å². The standard InChI is InChI=1S/C13H23NO3.C2H6/c1-5-13(3,4)17-12(16)14-8-6-11(7-9-14)10(2)15;1-2/h11H,5-9H2,1-4H3;1-2H3. The number of nitrogens with zero attached hydrogens (tertiary/aromatic N) is 1. The molecule has 1 rings (SSSR count). The second kappa shape index (κ2) is 8.18. The zero-order valence-corrected chi connectivity index (χ0v) is 13.3. The Bertz CT molecular complexity index is 292. The van der Waals surface area contributed by atoms with Crippen LogP contribution in [0.2, 0.25) is 0 Å². The molecule has 1 aliphatic heterocycles. The highest BCUT2D eigenvalue weighted by Crippen LogP contribution is 2.21. The number of hydrogen-bond acceptors (Lipinski definition) is 3. The number of hydrogen-bond donors (Lipinski definition) is 0. The molecule has 112 valence electrons. The Hall–Kier alpha value is -1.06. The van der Waals surface area contributed by atoms with Gasteiger partial charge in [0, 0.05) is 19.0 Å². The highest BCUT2D eigenvalue weighted by atomic mass is 16.6. The molecule has 19 heavy (non-hydrogen) atoms. The second-order valence-corrected chi connectivity index (χ2v) is 5.35. The number of ketones is 1. The van der Waals surface area contributed by atoms with Crippen molar-refractivity contribution in [2.45, 2.75) is 66.4 Å². The number of piperidine rings is 1. The minimum atomic E-state index is -0.408. The third kappa shape index (κ3) is 6.08. The molecule has 0 unspecified atom stereocenters. The van der Waals surface area contributed by atoms with E-state index < -0.39 is 5.60 Å². The summed E-state index contributed by atoms with van der Waals surface area (Å²) in [5.41, 5.74) is -0.408. The van der Waals surface area contributed by atoms with Gasteiger partial charge in [-0.05, 0) is 40.0 Å². The second-order valence-electron chi connectivity index (χ2n) is 5.35. The van der Waals surface area contributed by atoms with Crippen LogP contribution in [-0.4, -0.2) is 35.5 Å². The van der Waals surface area contributed by atoms with Crippen LogP contribution in [0.15, 0.2) is 0 Å². The Morgan fingerprint density at radius 3 is 2.05 bits per heavy atom. The summed E-state index contributed by atoms with van der Waals surface area (Å²) in [6, 6.07) is 0. The van der Waals surface area contributed by atoms with Gasteiger partial charge in [0.05, 0.1) is 0 Å². The molecule has 0 radical (unpaired) electrons. The molecule has 1 amide bonds. The van der Waals surface area contributed by atoms with Crippen molar-refractivity contribution >= 4 is 11.9 Å². The molecular weight excluding hydrogens is 242 g/mol. The predicted molar refractivity (Wildman–Crippen MR) is 77.2 cm³/mol. The summed E-state index contributed by atoms with van der Waals surface area (Å²) >= 11 is 0. The van der Waals surface area contributed by atoms with Gasteiger partial charge in [-0.3, -0.25) is 4.79 Å². The van der Waals surface area contributed by atoms with E-state index in [4.69, 9.17) is 4.74 Å². The lowest BCUT2D eigenvalue weighted by atomic mass is 9.94. The van der Waals surface area contributed by atoms with E-state index in [0.717, 1.165) is 19.3 Å². The fourth-order valence-corrected chi connectivity index (χ4v) is 1.84. The van der Waals surface area contributed by atoms with Crippen LogP contribution in [-0.2, 0) is 9.53 Å². The van der Waals surface area contributed by atoms with Gasteiger partial charge in [0.25, 0.3) is 0 Å².